The van der Waals surface area contributed by atoms with Crippen LogP contribution in [0, 0.1) is 46.3 Å². The third-order valence-electron chi connectivity index (χ3n) is 10.4. The fourth-order valence-corrected chi connectivity index (χ4v) is 8.86. The molecule has 5 aliphatic carbocycles. The van der Waals surface area contributed by atoms with E-state index >= 15 is 0 Å². The van der Waals surface area contributed by atoms with Gasteiger partial charge in [-0.2, -0.15) is 0 Å². The van der Waals surface area contributed by atoms with Crippen LogP contribution in [0.5, 0.6) is 0 Å². The van der Waals surface area contributed by atoms with Crippen molar-refractivity contribution in [3.63, 3.8) is 0 Å². The van der Waals surface area contributed by atoms with E-state index in [9.17, 15) is 24.6 Å². The summed E-state index contributed by atoms with van der Waals surface area (Å²) < 4.78 is 0. The fourth-order valence-electron chi connectivity index (χ4n) is 8.86. The van der Waals surface area contributed by atoms with Crippen molar-refractivity contribution in [1.29, 1.82) is 0 Å². The van der Waals surface area contributed by atoms with Gasteiger partial charge in [-0.1, -0.05) is 19.4 Å². The Morgan fingerprint density at radius 2 is 1.94 bits per heavy atom. The van der Waals surface area contributed by atoms with E-state index in [2.05, 4.69) is 13.8 Å². The Labute approximate surface area is 228 Å². The van der Waals surface area contributed by atoms with Gasteiger partial charge in [-0.05, 0) is 86.5 Å². The minimum Gasteiger partial charge on any atom is -1.00 e. The number of hydrogen-bond donors (Lipinski definition) is 2. The summed E-state index contributed by atoms with van der Waals surface area (Å²) in [5.41, 5.74) is -0.118. The van der Waals surface area contributed by atoms with E-state index in [0.717, 1.165) is 25.7 Å². The molecule has 0 unspecified atom stereocenters. The molecular weight excluding hydrogens is 419 g/mol. The van der Waals surface area contributed by atoms with Gasteiger partial charge in [0.15, 0.2) is 5.78 Å². The average Bonchev–Trinajstić information content (AvgIpc) is 3.43. The van der Waals surface area contributed by atoms with Crippen LogP contribution in [0.3, 0.4) is 0 Å². The standard InChI is InChI=1S/C25H34O5.K.H/c1-13(26)16-11-14-10-15(27)4-7-23(14,2)18-5-8-24(3)22(21(16)18)17-12-19(17)25(24,30)9-6-20(28)29;;/h10,16-19,21-22,30H,4-9,11-12H2,1-3H3,(H,28,29);;/q;+1;-1/t16-,17+,18-,19-,21+,22-,23-,24-,25-;;/m0../s1. The average molecular weight is 455 g/mol. The molecule has 0 spiro atoms. The quantitative estimate of drug-likeness (QED) is 0.616. The molecule has 166 valence electrons. The van der Waals surface area contributed by atoms with Gasteiger partial charge in [0.05, 0.1) is 5.60 Å². The Hall–Kier alpha value is 0.146. The summed E-state index contributed by atoms with van der Waals surface area (Å²) in [6.45, 7) is 6.17. The van der Waals surface area contributed by atoms with E-state index in [1.807, 2.05) is 6.08 Å². The van der Waals surface area contributed by atoms with Crippen molar-refractivity contribution in [3.05, 3.63) is 11.6 Å². The van der Waals surface area contributed by atoms with Gasteiger partial charge in [0.1, 0.15) is 5.78 Å². The second-order valence-corrected chi connectivity index (χ2v) is 11.5. The number of carboxylic acid groups (broad SMARTS) is 1. The Morgan fingerprint density at radius 1 is 1.23 bits per heavy atom. The zero-order valence-corrected chi connectivity index (χ0v) is 22.4. The first kappa shape index (κ1) is 24.3. The van der Waals surface area contributed by atoms with Gasteiger partial charge in [-0.25, -0.2) is 0 Å². The molecule has 5 aliphatic rings. The summed E-state index contributed by atoms with van der Waals surface area (Å²) in [4.78, 5) is 36.3. The van der Waals surface area contributed by atoms with Crippen LogP contribution >= 0.6 is 0 Å². The zero-order valence-electron chi connectivity index (χ0n) is 20.3. The molecule has 6 heteroatoms. The third-order valence-corrected chi connectivity index (χ3v) is 10.4. The molecule has 4 fully saturated rings. The smallest absolute Gasteiger partial charge is 1.00 e. The molecule has 0 heterocycles. The van der Waals surface area contributed by atoms with E-state index in [1.54, 1.807) is 6.92 Å². The number of ketones is 2. The molecule has 0 radical (unpaired) electrons. The molecular formula is C25H35KO5. The van der Waals surface area contributed by atoms with Gasteiger partial charge in [0.2, 0.25) is 0 Å². The molecule has 0 amide bonds. The number of carboxylic acids is 1. The number of rotatable bonds is 4. The molecule has 0 saturated heterocycles. The Kier molecular flexibility index (Phi) is 6.14. The van der Waals surface area contributed by atoms with Gasteiger partial charge in [0, 0.05) is 24.2 Å². The first-order valence-corrected chi connectivity index (χ1v) is 11.7. The molecule has 0 aliphatic heterocycles. The molecule has 9 atom stereocenters. The van der Waals surface area contributed by atoms with Crippen LogP contribution in [-0.4, -0.2) is 33.3 Å². The third kappa shape index (κ3) is 3.29. The molecule has 0 aromatic rings. The SMILES string of the molecule is CC(=O)[C@@H]1CC2=CC(=O)CC[C@]2(C)[C@H]2CC[C@@]3(C)[C@@H]([C@@H]4C[C@@H]4[C@@]3(O)CCC(=O)O)[C@H]12.[H-].[K+]. The van der Waals surface area contributed by atoms with Gasteiger partial charge in [-0.15, -0.1) is 0 Å². The molecule has 0 bridgehead atoms. The molecule has 2 N–H and O–H groups in total. The summed E-state index contributed by atoms with van der Waals surface area (Å²) in [5, 5.41) is 21.1. The van der Waals surface area contributed by atoms with Crippen LogP contribution < -0.4 is 51.4 Å². The minimum absolute atomic E-state index is 0. The second kappa shape index (κ2) is 7.84. The summed E-state index contributed by atoms with van der Waals surface area (Å²) in [7, 11) is 0. The predicted molar refractivity (Wildman–Crippen MR) is 112 cm³/mol. The van der Waals surface area contributed by atoms with Crippen LogP contribution in [-0.2, 0) is 14.4 Å². The number of fused-ring (bicyclic) bond motifs is 7. The van der Waals surface area contributed by atoms with E-state index in [0.29, 0.717) is 31.1 Å². The molecule has 5 rings (SSSR count). The maximum absolute atomic E-state index is 12.9. The van der Waals surface area contributed by atoms with E-state index in [-0.39, 0.29) is 105 Å². The monoisotopic (exact) mass is 454 g/mol. The van der Waals surface area contributed by atoms with Crippen LogP contribution in [0.25, 0.3) is 0 Å². The molecule has 0 aromatic heterocycles. The Balaban J connectivity index is 0.00000144. The van der Waals surface area contributed by atoms with E-state index < -0.39 is 11.6 Å². The van der Waals surface area contributed by atoms with Gasteiger partial charge in [-0.3, -0.25) is 14.4 Å². The van der Waals surface area contributed by atoms with Crippen molar-refractivity contribution in [2.75, 3.05) is 0 Å². The number of carbonyl (C=O) groups excluding carboxylic acids is 2. The topological polar surface area (TPSA) is 91.7 Å². The van der Waals surface area contributed by atoms with E-state index in [1.165, 1.54) is 5.57 Å². The summed E-state index contributed by atoms with van der Waals surface area (Å²) in [6.07, 6.45) is 7.06. The van der Waals surface area contributed by atoms with Crippen molar-refractivity contribution in [3.8, 4) is 0 Å². The number of carbonyl (C=O) groups is 3. The number of Topliss-reactive ketones (excluding diaryl/α,β-unsaturated/α-hetero) is 1. The van der Waals surface area contributed by atoms with Gasteiger partial charge < -0.3 is 11.6 Å². The first-order valence-electron chi connectivity index (χ1n) is 11.7. The number of aliphatic hydroxyl groups is 1. The summed E-state index contributed by atoms with van der Waals surface area (Å²) in [6, 6.07) is 0. The van der Waals surface area contributed by atoms with Crippen molar-refractivity contribution >= 4 is 17.5 Å². The molecule has 5 nitrogen and oxygen atoms in total. The van der Waals surface area contributed by atoms with Gasteiger partial charge in [0.25, 0.3) is 0 Å². The van der Waals surface area contributed by atoms with E-state index in [4.69, 9.17) is 0 Å². The minimum atomic E-state index is -0.938. The van der Waals surface area contributed by atoms with Crippen molar-refractivity contribution in [2.24, 2.45) is 46.3 Å². The fraction of sp³-hybridized carbons (Fsp3) is 0.800. The summed E-state index contributed by atoms with van der Waals surface area (Å²) in [5.74, 6) is 0.890. The van der Waals surface area contributed by atoms with Crippen molar-refractivity contribution < 1.29 is 77.4 Å². The number of allylic oxidation sites excluding steroid dienone is 1. The number of hydrogen-bond acceptors (Lipinski definition) is 4. The summed E-state index contributed by atoms with van der Waals surface area (Å²) >= 11 is 0. The molecule has 31 heavy (non-hydrogen) atoms. The van der Waals surface area contributed by atoms with Crippen LogP contribution in [0.1, 0.15) is 73.6 Å². The van der Waals surface area contributed by atoms with Crippen molar-refractivity contribution in [1.82, 2.24) is 0 Å². The predicted octanol–water partition coefficient (Wildman–Crippen LogP) is 0.902. The van der Waals surface area contributed by atoms with Crippen LogP contribution in [0.2, 0.25) is 0 Å². The zero-order chi connectivity index (χ0) is 21.6. The second-order valence-electron chi connectivity index (χ2n) is 11.5. The van der Waals surface area contributed by atoms with Gasteiger partial charge >= 0.3 is 57.4 Å². The van der Waals surface area contributed by atoms with Crippen LogP contribution in [0.4, 0.5) is 0 Å². The maximum atomic E-state index is 12.9. The first-order chi connectivity index (χ1) is 14.0. The van der Waals surface area contributed by atoms with Crippen molar-refractivity contribution in [2.45, 2.75) is 77.7 Å². The normalized spacial score (nSPS) is 49.5. The maximum Gasteiger partial charge on any atom is 1.00 e. The number of aliphatic carboxylic acids is 1. The Morgan fingerprint density at radius 3 is 2.58 bits per heavy atom. The van der Waals surface area contributed by atoms with Crippen LogP contribution in [0.15, 0.2) is 11.6 Å². The molecule has 4 saturated carbocycles. The largest absolute Gasteiger partial charge is 1.00 e. The molecule has 0 aromatic carbocycles. The Bertz CT molecular complexity index is 872.